The van der Waals surface area contributed by atoms with Crippen LogP contribution in [0.25, 0.3) is 0 Å². The highest BCUT2D eigenvalue weighted by Gasteiger charge is 2.13. The van der Waals surface area contributed by atoms with Crippen molar-refractivity contribution in [1.82, 2.24) is 14.9 Å². The molecule has 26 heavy (non-hydrogen) atoms. The third kappa shape index (κ3) is 4.64. The molecule has 0 fully saturated rings. The van der Waals surface area contributed by atoms with Crippen molar-refractivity contribution >= 4 is 39.3 Å². The molecule has 0 spiro atoms. The molecule has 0 atom stereocenters. The van der Waals surface area contributed by atoms with Gasteiger partial charge in [0.05, 0.1) is 11.4 Å². The van der Waals surface area contributed by atoms with E-state index in [1.54, 1.807) is 0 Å². The fourth-order valence-corrected chi connectivity index (χ4v) is 3.61. The number of carbonyl (C=O) groups is 1. The number of rotatable bonds is 6. The number of aryl methyl sites for hydroxylation is 1. The minimum absolute atomic E-state index is 0.132. The van der Waals surface area contributed by atoms with Crippen molar-refractivity contribution in [3.05, 3.63) is 70.0 Å². The average molecular weight is 432 g/mol. The number of aromatic nitrogens is 3. The van der Waals surface area contributed by atoms with Crippen LogP contribution in [0, 0.1) is 6.92 Å². The summed E-state index contributed by atoms with van der Waals surface area (Å²) in [6.07, 6.45) is 0.591. The van der Waals surface area contributed by atoms with Crippen molar-refractivity contribution in [1.29, 1.82) is 0 Å². The quantitative estimate of drug-likeness (QED) is 0.461. The zero-order valence-corrected chi connectivity index (χ0v) is 16.5. The Bertz CT molecular complexity index is 913. The van der Waals surface area contributed by atoms with Gasteiger partial charge < -0.3 is 11.2 Å². The van der Waals surface area contributed by atoms with Crippen LogP contribution in [0.2, 0.25) is 0 Å². The molecule has 0 unspecified atom stereocenters. The van der Waals surface area contributed by atoms with Crippen LogP contribution in [0.3, 0.4) is 0 Å². The number of halogens is 1. The number of nitrogens with two attached hydrogens (primary N) is 1. The maximum Gasteiger partial charge on any atom is 0.234 e. The Kier molecular flexibility index (Phi) is 5.95. The van der Waals surface area contributed by atoms with E-state index in [4.69, 9.17) is 5.84 Å². The zero-order chi connectivity index (χ0) is 18.5. The van der Waals surface area contributed by atoms with Crippen LogP contribution in [0.5, 0.6) is 0 Å². The number of benzene rings is 2. The Hall–Kier alpha value is -2.32. The number of nitrogens with one attached hydrogen (secondary N) is 1. The monoisotopic (exact) mass is 431 g/mol. The highest BCUT2D eigenvalue weighted by atomic mass is 79.9. The van der Waals surface area contributed by atoms with Gasteiger partial charge in [0, 0.05) is 10.9 Å². The van der Waals surface area contributed by atoms with E-state index < -0.39 is 0 Å². The number of carbonyl (C=O) groups excluding carboxylic acids is 1. The first kappa shape index (κ1) is 18.5. The minimum Gasteiger partial charge on any atom is -0.336 e. The molecule has 0 aliphatic rings. The van der Waals surface area contributed by atoms with Crippen LogP contribution in [-0.2, 0) is 11.2 Å². The predicted molar refractivity (Wildman–Crippen MR) is 108 cm³/mol. The molecule has 8 heteroatoms. The molecule has 0 aliphatic heterocycles. The summed E-state index contributed by atoms with van der Waals surface area (Å²) in [5.74, 6) is 6.78. The molecule has 134 valence electrons. The predicted octanol–water partition coefficient (Wildman–Crippen LogP) is 3.38. The number of anilines is 1. The van der Waals surface area contributed by atoms with Gasteiger partial charge in [0.15, 0.2) is 5.82 Å². The van der Waals surface area contributed by atoms with Gasteiger partial charge in [0.1, 0.15) is 0 Å². The molecule has 1 heterocycles. The third-order valence-corrected chi connectivity index (χ3v) is 5.27. The van der Waals surface area contributed by atoms with Crippen LogP contribution < -0.4 is 11.2 Å². The Labute approximate surface area is 164 Å². The van der Waals surface area contributed by atoms with E-state index in [2.05, 4.69) is 31.4 Å². The molecule has 0 saturated heterocycles. The Morgan fingerprint density at radius 2 is 2.00 bits per heavy atom. The average Bonchev–Trinajstić information content (AvgIpc) is 2.96. The van der Waals surface area contributed by atoms with Crippen molar-refractivity contribution in [2.24, 2.45) is 0 Å². The lowest BCUT2D eigenvalue weighted by Gasteiger charge is -2.08. The number of nitrogens with zero attached hydrogens (tertiary/aromatic N) is 3. The lowest BCUT2D eigenvalue weighted by molar-refractivity contribution is -0.113. The van der Waals surface area contributed by atoms with E-state index in [0.29, 0.717) is 17.4 Å². The number of nitrogen functional groups attached to an aromatic ring is 1. The van der Waals surface area contributed by atoms with E-state index >= 15 is 0 Å². The number of amides is 1. The second-order valence-electron chi connectivity index (χ2n) is 5.75. The molecule has 6 nitrogen and oxygen atoms in total. The summed E-state index contributed by atoms with van der Waals surface area (Å²) in [6.45, 7) is 1.99. The van der Waals surface area contributed by atoms with E-state index in [9.17, 15) is 4.79 Å². The van der Waals surface area contributed by atoms with E-state index in [1.807, 2.05) is 55.5 Å². The molecule has 3 aromatic rings. The van der Waals surface area contributed by atoms with Gasteiger partial charge in [-0.2, -0.15) is 0 Å². The molecule has 3 rings (SSSR count). The van der Waals surface area contributed by atoms with Gasteiger partial charge in [-0.25, -0.2) is 4.68 Å². The molecule has 0 bridgehead atoms. The van der Waals surface area contributed by atoms with E-state index in [-0.39, 0.29) is 11.7 Å². The number of hydrogen-bond acceptors (Lipinski definition) is 5. The minimum atomic E-state index is -0.132. The fourth-order valence-electron chi connectivity index (χ4n) is 2.34. The lowest BCUT2D eigenvalue weighted by atomic mass is 10.1. The van der Waals surface area contributed by atoms with Gasteiger partial charge in [-0.3, -0.25) is 4.79 Å². The highest BCUT2D eigenvalue weighted by Crippen LogP contribution is 2.24. The van der Waals surface area contributed by atoms with Crippen LogP contribution >= 0.6 is 27.7 Å². The topological polar surface area (TPSA) is 85.8 Å². The molecule has 0 radical (unpaired) electrons. The third-order valence-electron chi connectivity index (χ3n) is 3.67. The molecule has 2 aromatic carbocycles. The smallest absolute Gasteiger partial charge is 0.234 e. The molecule has 0 aliphatic carbocycles. The van der Waals surface area contributed by atoms with Crippen LogP contribution in [-0.4, -0.2) is 26.5 Å². The summed E-state index contributed by atoms with van der Waals surface area (Å²) in [4.78, 5) is 12.2. The highest BCUT2D eigenvalue weighted by molar-refractivity contribution is 9.10. The summed E-state index contributed by atoms with van der Waals surface area (Å²) >= 11 is 4.70. The van der Waals surface area contributed by atoms with Crippen molar-refractivity contribution in [3.8, 4) is 0 Å². The SMILES string of the molecule is Cc1ccc(NC(=O)CSc2nnc(Cc3ccccc3)n2N)c(Br)c1. The molecular formula is C18H18BrN5OS. The second-order valence-corrected chi connectivity index (χ2v) is 7.55. The van der Waals surface area contributed by atoms with Gasteiger partial charge in [-0.05, 0) is 46.1 Å². The zero-order valence-electron chi connectivity index (χ0n) is 14.1. The Morgan fingerprint density at radius 3 is 2.73 bits per heavy atom. The Balaban J connectivity index is 1.58. The maximum atomic E-state index is 12.2. The van der Waals surface area contributed by atoms with Crippen molar-refractivity contribution in [2.75, 3.05) is 16.9 Å². The summed E-state index contributed by atoms with van der Waals surface area (Å²) < 4.78 is 2.29. The summed E-state index contributed by atoms with van der Waals surface area (Å²) in [6, 6.07) is 15.7. The van der Waals surface area contributed by atoms with Gasteiger partial charge >= 0.3 is 0 Å². The molecule has 3 N–H and O–H groups in total. The molecule has 0 saturated carbocycles. The summed E-state index contributed by atoms with van der Waals surface area (Å²) in [5.41, 5.74) is 2.96. The normalized spacial score (nSPS) is 10.7. The first-order chi connectivity index (χ1) is 12.5. The molecule has 1 aromatic heterocycles. The van der Waals surface area contributed by atoms with Crippen molar-refractivity contribution in [3.63, 3.8) is 0 Å². The van der Waals surface area contributed by atoms with Gasteiger partial charge in [0.2, 0.25) is 11.1 Å². The number of thioether (sulfide) groups is 1. The van der Waals surface area contributed by atoms with Gasteiger partial charge in [0.25, 0.3) is 0 Å². The van der Waals surface area contributed by atoms with E-state index in [1.165, 1.54) is 16.4 Å². The van der Waals surface area contributed by atoms with Gasteiger partial charge in [-0.15, -0.1) is 10.2 Å². The van der Waals surface area contributed by atoms with Crippen molar-refractivity contribution in [2.45, 2.75) is 18.5 Å². The van der Waals surface area contributed by atoms with Crippen LogP contribution in [0.1, 0.15) is 17.0 Å². The first-order valence-electron chi connectivity index (χ1n) is 7.95. The largest absolute Gasteiger partial charge is 0.336 e. The maximum absolute atomic E-state index is 12.2. The van der Waals surface area contributed by atoms with E-state index in [0.717, 1.165) is 21.3 Å². The Morgan fingerprint density at radius 1 is 1.23 bits per heavy atom. The second kappa shape index (κ2) is 8.37. The van der Waals surface area contributed by atoms with Crippen molar-refractivity contribution < 1.29 is 4.79 Å². The standard InChI is InChI=1S/C18H18BrN5OS/c1-12-7-8-15(14(19)9-12)21-17(25)11-26-18-23-22-16(24(18)20)10-13-5-3-2-4-6-13/h2-9H,10-11,20H2,1H3,(H,21,25). The summed E-state index contributed by atoms with van der Waals surface area (Å²) in [7, 11) is 0. The van der Waals surface area contributed by atoms with Crippen LogP contribution in [0.15, 0.2) is 58.2 Å². The lowest BCUT2D eigenvalue weighted by Crippen LogP contribution is -2.17. The first-order valence-corrected chi connectivity index (χ1v) is 9.73. The molecular weight excluding hydrogens is 414 g/mol. The summed E-state index contributed by atoms with van der Waals surface area (Å²) in [5, 5.41) is 11.6. The van der Waals surface area contributed by atoms with Crippen LogP contribution in [0.4, 0.5) is 5.69 Å². The van der Waals surface area contributed by atoms with Gasteiger partial charge in [-0.1, -0.05) is 48.2 Å². The molecule has 1 amide bonds. The fraction of sp³-hybridized carbons (Fsp3) is 0.167. The number of hydrogen-bond donors (Lipinski definition) is 2.